The van der Waals surface area contributed by atoms with Crippen molar-refractivity contribution in [1.82, 2.24) is 0 Å². The van der Waals surface area contributed by atoms with Crippen molar-refractivity contribution < 1.29 is 28.3 Å². The standard InChI is InChI=1S/C23H34N2O5Si/c1-17(2)13-14-19(30-22(27)18-11-9-8-10-12-18)20(29-21(26)15-25-24)16-28-31(6,7)23(3,4)5/h8-13,15,19-20H,14,16H2,1-7H3/t19-,20-/m1/s1. The summed E-state index contributed by atoms with van der Waals surface area (Å²) in [7, 11) is -2.16. The Morgan fingerprint density at radius 1 is 1.10 bits per heavy atom. The number of nitrogens with zero attached hydrogens (tertiary/aromatic N) is 2. The highest BCUT2D eigenvalue weighted by molar-refractivity contribution is 6.74. The van der Waals surface area contributed by atoms with Crippen LogP contribution in [0.4, 0.5) is 0 Å². The summed E-state index contributed by atoms with van der Waals surface area (Å²) in [4.78, 5) is 27.5. The van der Waals surface area contributed by atoms with Crippen LogP contribution in [0.3, 0.4) is 0 Å². The van der Waals surface area contributed by atoms with Gasteiger partial charge < -0.3 is 19.4 Å². The molecule has 0 unspecified atom stereocenters. The van der Waals surface area contributed by atoms with Gasteiger partial charge in [0.15, 0.2) is 14.4 Å². The summed E-state index contributed by atoms with van der Waals surface area (Å²) in [5, 5.41) is -0.0514. The normalized spacial score (nSPS) is 13.4. The van der Waals surface area contributed by atoms with Gasteiger partial charge in [-0.25, -0.2) is 9.59 Å². The number of ether oxygens (including phenoxy) is 2. The number of esters is 2. The molecule has 1 rings (SSSR count). The number of hydrogen-bond acceptors (Lipinski definition) is 5. The molecular formula is C23H34N2O5Si. The van der Waals surface area contributed by atoms with Gasteiger partial charge in [-0.05, 0) is 44.1 Å². The molecule has 0 fully saturated rings. The maximum atomic E-state index is 12.7. The van der Waals surface area contributed by atoms with E-state index in [0.717, 1.165) is 5.57 Å². The molecule has 2 atom stereocenters. The first kappa shape index (κ1) is 26.5. The molecule has 0 saturated carbocycles. The molecule has 0 aliphatic carbocycles. The van der Waals surface area contributed by atoms with Crippen LogP contribution in [0.5, 0.6) is 0 Å². The van der Waals surface area contributed by atoms with Gasteiger partial charge in [0, 0.05) is 6.42 Å². The predicted octanol–water partition coefficient (Wildman–Crippen LogP) is 4.80. The minimum Gasteiger partial charge on any atom is -0.454 e. The molecule has 170 valence electrons. The lowest BCUT2D eigenvalue weighted by atomic mass is 10.1. The van der Waals surface area contributed by atoms with Crippen LogP contribution in [-0.4, -0.2) is 50.1 Å². The highest BCUT2D eigenvalue weighted by Gasteiger charge is 2.39. The fourth-order valence-corrected chi connectivity index (χ4v) is 3.37. The van der Waals surface area contributed by atoms with Gasteiger partial charge in [-0.15, -0.1) is 0 Å². The first-order valence-corrected chi connectivity index (χ1v) is 13.2. The van der Waals surface area contributed by atoms with Crippen LogP contribution in [0.2, 0.25) is 18.1 Å². The van der Waals surface area contributed by atoms with Crippen LogP contribution in [-0.2, 0) is 18.7 Å². The molecule has 7 nitrogen and oxygen atoms in total. The van der Waals surface area contributed by atoms with Gasteiger partial charge in [0.2, 0.25) is 0 Å². The van der Waals surface area contributed by atoms with E-state index in [9.17, 15) is 9.59 Å². The highest BCUT2D eigenvalue weighted by atomic mass is 28.4. The Morgan fingerprint density at radius 3 is 2.23 bits per heavy atom. The number of carbonyl (C=O) groups is 2. The fraction of sp³-hybridized carbons (Fsp3) is 0.522. The van der Waals surface area contributed by atoms with E-state index in [1.54, 1.807) is 24.3 Å². The van der Waals surface area contributed by atoms with E-state index in [1.807, 2.05) is 26.0 Å². The zero-order valence-electron chi connectivity index (χ0n) is 19.5. The van der Waals surface area contributed by atoms with Crippen molar-refractivity contribution in [2.75, 3.05) is 6.61 Å². The third-order valence-electron chi connectivity index (χ3n) is 5.29. The Bertz CT molecular complexity index is 820. The maximum absolute atomic E-state index is 12.7. The van der Waals surface area contributed by atoms with Crippen LogP contribution < -0.4 is 0 Å². The number of carbonyl (C=O) groups excluding carboxylic acids is 2. The minimum atomic E-state index is -2.16. The van der Waals surface area contributed by atoms with E-state index in [4.69, 9.17) is 19.4 Å². The summed E-state index contributed by atoms with van der Waals surface area (Å²) in [6.45, 7) is 14.4. The summed E-state index contributed by atoms with van der Waals surface area (Å²) in [6, 6.07) is 8.62. The van der Waals surface area contributed by atoms with Gasteiger partial charge in [-0.2, -0.15) is 4.79 Å². The van der Waals surface area contributed by atoms with Gasteiger partial charge in [0.1, 0.15) is 6.10 Å². The molecule has 0 heterocycles. The zero-order valence-corrected chi connectivity index (χ0v) is 20.5. The number of benzene rings is 1. The van der Waals surface area contributed by atoms with Crippen molar-refractivity contribution in [3.8, 4) is 0 Å². The van der Waals surface area contributed by atoms with E-state index in [2.05, 4.69) is 38.7 Å². The summed E-state index contributed by atoms with van der Waals surface area (Å²) >= 11 is 0. The third-order valence-corrected chi connectivity index (χ3v) is 9.79. The van der Waals surface area contributed by atoms with Gasteiger partial charge in [-0.1, -0.05) is 50.6 Å². The highest BCUT2D eigenvalue weighted by Crippen LogP contribution is 2.36. The average molecular weight is 447 g/mol. The third kappa shape index (κ3) is 9.00. The Balaban J connectivity index is 3.18. The van der Waals surface area contributed by atoms with Crippen molar-refractivity contribution in [2.45, 2.75) is 71.4 Å². The SMILES string of the molecule is CC(C)=CC[C@@H](OC(=O)c1ccccc1)[C@@H](CO[Si](C)(C)C(C)(C)C)OC(=O)C=[N+]=[N-]. The lowest BCUT2D eigenvalue weighted by Crippen LogP contribution is -2.46. The Labute approximate surface area is 186 Å². The molecule has 8 heteroatoms. The largest absolute Gasteiger partial charge is 0.454 e. The summed E-state index contributed by atoms with van der Waals surface area (Å²) in [5.74, 6) is -1.36. The van der Waals surface area contributed by atoms with Crippen LogP contribution in [0.1, 0.15) is 51.4 Å². The van der Waals surface area contributed by atoms with Crippen molar-refractivity contribution >= 4 is 26.5 Å². The van der Waals surface area contributed by atoms with E-state index in [-0.39, 0.29) is 11.6 Å². The Hall–Kier alpha value is -2.54. The minimum absolute atomic E-state index is 0.0514. The first-order chi connectivity index (χ1) is 14.4. The van der Waals surface area contributed by atoms with Gasteiger partial charge in [0.25, 0.3) is 0 Å². The molecule has 0 aliphatic rings. The van der Waals surface area contributed by atoms with Crippen molar-refractivity contribution in [1.29, 1.82) is 0 Å². The van der Waals surface area contributed by atoms with Crippen LogP contribution in [0.25, 0.3) is 5.53 Å². The molecule has 0 N–H and O–H groups in total. The Morgan fingerprint density at radius 2 is 1.71 bits per heavy atom. The predicted molar refractivity (Wildman–Crippen MR) is 122 cm³/mol. The van der Waals surface area contributed by atoms with Gasteiger partial charge in [-0.3, -0.25) is 0 Å². The molecule has 0 spiro atoms. The molecule has 0 aromatic heterocycles. The number of allylic oxidation sites excluding steroid dienone is 1. The van der Waals surface area contributed by atoms with Gasteiger partial charge >= 0.3 is 18.2 Å². The maximum Gasteiger partial charge on any atom is 0.414 e. The first-order valence-electron chi connectivity index (χ1n) is 10.3. The zero-order chi connectivity index (χ0) is 23.7. The van der Waals surface area contributed by atoms with E-state index in [1.165, 1.54) is 0 Å². The second-order valence-corrected chi connectivity index (χ2v) is 13.9. The molecule has 1 aromatic rings. The lowest BCUT2D eigenvalue weighted by molar-refractivity contribution is -0.152. The van der Waals surface area contributed by atoms with Crippen LogP contribution in [0.15, 0.2) is 42.0 Å². The monoisotopic (exact) mass is 446 g/mol. The molecule has 0 aliphatic heterocycles. The van der Waals surface area contributed by atoms with E-state index < -0.39 is 32.5 Å². The van der Waals surface area contributed by atoms with Crippen molar-refractivity contribution in [3.63, 3.8) is 0 Å². The lowest BCUT2D eigenvalue weighted by Gasteiger charge is -2.37. The quantitative estimate of drug-likeness (QED) is 0.128. The fourth-order valence-electron chi connectivity index (χ4n) is 2.36. The molecule has 0 bridgehead atoms. The average Bonchev–Trinajstić information content (AvgIpc) is 2.68. The topological polar surface area (TPSA) is 98.2 Å². The molecular weight excluding hydrogens is 412 g/mol. The molecule has 0 radical (unpaired) electrons. The molecule has 0 saturated heterocycles. The van der Waals surface area contributed by atoms with E-state index >= 15 is 0 Å². The second-order valence-electron chi connectivity index (χ2n) is 9.12. The van der Waals surface area contributed by atoms with E-state index in [0.29, 0.717) is 18.2 Å². The smallest absolute Gasteiger partial charge is 0.414 e. The molecule has 0 amide bonds. The Kier molecular flexibility index (Phi) is 10.0. The molecule has 1 aromatic carbocycles. The van der Waals surface area contributed by atoms with Crippen LogP contribution in [0, 0.1) is 0 Å². The summed E-state index contributed by atoms with van der Waals surface area (Å²) < 4.78 is 17.5. The van der Waals surface area contributed by atoms with Crippen LogP contribution >= 0.6 is 0 Å². The number of hydrogen-bond donors (Lipinski definition) is 0. The second kappa shape index (κ2) is 11.7. The van der Waals surface area contributed by atoms with Crippen molar-refractivity contribution in [2.24, 2.45) is 0 Å². The summed E-state index contributed by atoms with van der Waals surface area (Å²) in [5.41, 5.74) is 10.1. The molecule has 31 heavy (non-hydrogen) atoms. The number of rotatable bonds is 10. The summed E-state index contributed by atoms with van der Waals surface area (Å²) in [6.07, 6.45) is 1.27. The van der Waals surface area contributed by atoms with Crippen molar-refractivity contribution in [3.05, 3.63) is 53.1 Å². The van der Waals surface area contributed by atoms with Gasteiger partial charge in [0.05, 0.1) is 12.2 Å².